The Morgan fingerprint density at radius 1 is 1.23 bits per heavy atom. The van der Waals surface area contributed by atoms with Gasteiger partial charge in [-0.1, -0.05) is 24.6 Å². The van der Waals surface area contributed by atoms with E-state index >= 15 is 0 Å². The minimum absolute atomic E-state index is 0.203. The standard InChI is InChI=1S/C19H24N6O/c1-13-6-7-17(15(3)10-13)25-22-16(4)18(23-25)19(26)20-11-14(2)12-24-9-5-8-21-24/h5-10,14H,11-12H2,1-4H3,(H,20,26). The molecule has 0 spiro atoms. The molecular weight excluding hydrogens is 328 g/mol. The molecule has 2 aromatic heterocycles. The summed E-state index contributed by atoms with van der Waals surface area (Å²) >= 11 is 0. The molecule has 7 nitrogen and oxygen atoms in total. The molecule has 0 radical (unpaired) electrons. The van der Waals surface area contributed by atoms with Crippen LogP contribution < -0.4 is 5.32 Å². The van der Waals surface area contributed by atoms with Gasteiger partial charge in [0.2, 0.25) is 0 Å². The van der Waals surface area contributed by atoms with Crippen molar-refractivity contribution >= 4 is 5.91 Å². The van der Waals surface area contributed by atoms with Crippen LogP contribution in [0.3, 0.4) is 0 Å². The van der Waals surface area contributed by atoms with E-state index in [1.165, 1.54) is 10.4 Å². The summed E-state index contributed by atoms with van der Waals surface area (Å²) in [6.07, 6.45) is 3.66. The molecule has 1 amide bonds. The molecule has 3 rings (SSSR count). The SMILES string of the molecule is Cc1ccc(-n2nc(C)c(C(=O)NCC(C)Cn3cccn3)n2)c(C)c1. The first kappa shape index (κ1) is 17.8. The van der Waals surface area contributed by atoms with Gasteiger partial charge in [-0.05, 0) is 44.4 Å². The van der Waals surface area contributed by atoms with E-state index in [1.54, 1.807) is 13.1 Å². The number of nitrogens with one attached hydrogen (secondary N) is 1. The second-order valence-electron chi connectivity index (χ2n) is 6.76. The second kappa shape index (κ2) is 7.51. The summed E-state index contributed by atoms with van der Waals surface area (Å²) in [6.45, 7) is 9.23. The molecule has 2 heterocycles. The van der Waals surface area contributed by atoms with Crippen molar-refractivity contribution in [2.75, 3.05) is 6.54 Å². The van der Waals surface area contributed by atoms with E-state index in [-0.39, 0.29) is 11.8 Å². The van der Waals surface area contributed by atoms with E-state index in [0.717, 1.165) is 17.8 Å². The van der Waals surface area contributed by atoms with Gasteiger partial charge >= 0.3 is 0 Å². The summed E-state index contributed by atoms with van der Waals surface area (Å²) < 4.78 is 1.86. The highest BCUT2D eigenvalue weighted by atomic mass is 16.2. The summed E-state index contributed by atoms with van der Waals surface area (Å²) in [5.74, 6) is 0.0550. The van der Waals surface area contributed by atoms with Crippen LogP contribution in [0.25, 0.3) is 5.69 Å². The third kappa shape index (κ3) is 3.99. The highest BCUT2D eigenvalue weighted by Gasteiger charge is 2.17. The number of carbonyl (C=O) groups is 1. The molecule has 1 N–H and O–H groups in total. The van der Waals surface area contributed by atoms with Gasteiger partial charge in [0.25, 0.3) is 5.91 Å². The molecule has 1 atom stereocenters. The average Bonchev–Trinajstić information content (AvgIpc) is 3.22. The lowest BCUT2D eigenvalue weighted by atomic mass is 10.1. The Balaban J connectivity index is 1.67. The molecule has 3 aromatic rings. The van der Waals surface area contributed by atoms with Crippen molar-refractivity contribution < 1.29 is 4.79 Å². The number of hydrogen-bond donors (Lipinski definition) is 1. The predicted octanol–water partition coefficient (Wildman–Crippen LogP) is 2.46. The number of aryl methyl sites for hydroxylation is 3. The lowest BCUT2D eigenvalue weighted by Gasteiger charge is -2.12. The molecule has 0 aliphatic carbocycles. The molecule has 1 unspecified atom stereocenters. The Kier molecular flexibility index (Phi) is 5.16. The van der Waals surface area contributed by atoms with Gasteiger partial charge in [-0.2, -0.15) is 15.0 Å². The predicted molar refractivity (Wildman–Crippen MR) is 99.3 cm³/mol. The fraction of sp³-hybridized carbons (Fsp3) is 0.368. The quantitative estimate of drug-likeness (QED) is 0.739. The molecule has 0 aliphatic heterocycles. The minimum Gasteiger partial charge on any atom is -0.350 e. The van der Waals surface area contributed by atoms with Crippen molar-refractivity contribution in [3.8, 4) is 5.69 Å². The molecular formula is C19H24N6O. The van der Waals surface area contributed by atoms with Crippen LogP contribution in [0.2, 0.25) is 0 Å². The smallest absolute Gasteiger partial charge is 0.273 e. The Hall–Kier alpha value is -2.96. The third-order valence-corrected chi connectivity index (χ3v) is 4.23. The molecule has 0 saturated carbocycles. The maximum absolute atomic E-state index is 12.5. The second-order valence-corrected chi connectivity index (χ2v) is 6.76. The summed E-state index contributed by atoms with van der Waals surface area (Å²) in [4.78, 5) is 14.0. The van der Waals surface area contributed by atoms with Crippen LogP contribution in [0.5, 0.6) is 0 Å². The molecule has 0 fully saturated rings. The van der Waals surface area contributed by atoms with Crippen LogP contribution >= 0.6 is 0 Å². The number of carbonyl (C=O) groups excluding carboxylic acids is 1. The number of hydrogen-bond acceptors (Lipinski definition) is 4. The van der Waals surface area contributed by atoms with Gasteiger partial charge in [0.1, 0.15) is 0 Å². The number of rotatable bonds is 6. The monoisotopic (exact) mass is 352 g/mol. The van der Waals surface area contributed by atoms with Crippen LogP contribution in [0, 0.1) is 26.7 Å². The summed E-state index contributed by atoms with van der Waals surface area (Å²) in [5, 5.41) is 15.9. The van der Waals surface area contributed by atoms with Crippen LogP contribution in [-0.2, 0) is 6.54 Å². The van der Waals surface area contributed by atoms with E-state index in [1.807, 2.05) is 42.9 Å². The first-order valence-electron chi connectivity index (χ1n) is 8.71. The highest BCUT2D eigenvalue weighted by molar-refractivity contribution is 5.93. The first-order chi connectivity index (χ1) is 12.4. The third-order valence-electron chi connectivity index (χ3n) is 4.23. The summed E-state index contributed by atoms with van der Waals surface area (Å²) in [7, 11) is 0. The molecule has 7 heteroatoms. The maximum atomic E-state index is 12.5. The fourth-order valence-electron chi connectivity index (χ4n) is 2.87. The zero-order chi connectivity index (χ0) is 18.7. The molecule has 136 valence electrons. The number of amides is 1. The molecule has 0 aliphatic rings. The van der Waals surface area contributed by atoms with Gasteiger partial charge in [-0.25, -0.2) is 0 Å². The van der Waals surface area contributed by atoms with Gasteiger partial charge < -0.3 is 5.32 Å². The van der Waals surface area contributed by atoms with Crippen molar-refractivity contribution in [3.05, 3.63) is 59.2 Å². The van der Waals surface area contributed by atoms with Crippen LogP contribution in [-0.4, -0.2) is 37.2 Å². The van der Waals surface area contributed by atoms with E-state index in [0.29, 0.717) is 17.9 Å². The number of nitrogens with zero attached hydrogens (tertiary/aromatic N) is 5. The van der Waals surface area contributed by atoms with E-state index in [9.17, 15) is 4.79 Å². The lowest BCUT2D eigenvalue weighted by molar-refractivity contribution is 0.0940. The van der Waals surface area contributed by atoms with Crippen molar-refractivity contribution in [2.45, 2.75) is 34.2 Å². The summed E-state index contributed by atoms with van der Waals surface area (Å²) in [6, 6.07) is 7.94. The average molecular weight is 352 g/mol. The topological polar surface area (TPSA) is 77.6 Å². The summed E-state index contributed by atoms with van der Waals surface area (Å²) in [5.41, 5.74) is 4.10. The normalized spacial score (nSPS) is 12.2. The highest BCUT2D eigenvalue weighted by Crippen LogP contribution is 2.15. The zero-order valence-corrected chi connectivity index (χ0v) is 15.6. The van der Waals surface area contributed by atoms with Crippen molar-refractivity contribution in [1.82, 2.24) is 30.1 Å². The zero-order valence-electron chi connectivity index (χ0n) is 15.6. The minimum atomic E-state index is -0.203. The Morgan fingerprint density at radius 2 is 2.04 bits per heavy atom. The molecule has 0 saturated heterocycles. The fourth-order valence-corrected chi connectivity index (χ4v) is 2.87. The first-order valence-corrected chi connectivity index (χ1v) is 8.71. The van der Waals surface area contributed by atoms with E-state index < -0.39 is 0 Å². The van der Waals surface area contributed by atoms with Crippen LogP contribution in [0.1, 0.15) is 34.2 Å². The van der Waals surface area contributed by atoms with E-state index in [4.69, 9.17) is 0 Å². The van der Waals surface area contributed by atoms with Gasteiger partial charge in [0.05, 0.1) is 11.4 Å². The number of benzene rings is 1. The molecule has 26 heavy (non-hydrogen) atoms. The largest absolute Gasteiger partial charge is 0.350 e. The molecule has 0 bridgehead atoms. The van der Waals surface area contributed by atoms with Crippen molar-refractivity contribution in [2.24, 2.45) is 5.92 Å². The Labute approximate surface area is 153 Å². The Morgan fingerprint density at radius 3 is 2.73 bits per heavy atom. The van der Waals surface area contributed by atoms with Gasteiger partial charge in [-0.15, -0.1) is 5.10 Å². The molecule has 1 aromatic carbocycles. The maximum Gasteiger partial charge on any atom is 0.273 e. The van der Waals surface area contributed by atoms with Crippen LogP contribution in [0.15, 0.2) is 36.7 Å². The van der Waals surface area contributed by atoms with Crippen molar-refractivity contribution in [1.29, 1.82) is 0 Å². The van der Waals surface area contributed by atoms with Gasteiger partial charge in [0, 0.05) is 25.5 Å². The van der Waals surface area contributed by atoms with E-state index in [2.05, 4.69) is 33.6 Å². The van der Waals surface area contributed by atoms with Gasteiger partial charge in [-0.3, -0.25) is 9.48 Å². The lowest BCUT2D eigenvalue weighted by Crippen LogP contribution is -2.30. The van der Waals surface area contributed by atoms with Gasteiger partial charge in [0.15, 0.2) is 5.69 Å². The Bertz CT molecular complexity index is 897. The van der Waals surface area contributed by atoms with Crippen LogP contribution in [0.4, 0.5) is 0 Å². The van der Waals surface area contributed by atoms with Crippen molar-refractivity contribution in [3.63, 3.8) is 0 Å². The number of aromatic nitrogens is 5.